The Morgan fingerprint density at radius 2 is 2.27 bits per heavy atom. The van der Waals surface area contributed by atoms with Gasteiger partial charge in [0.2, 0.25) is 0 Å². The van der Waals surface area contributed by atoms with Crippen molar-refractivity contribution in [2.24, 2.45) is 5.92 Å². The largest absolute Gasteiger partial charge is 0.497 e. The lowest BCUT2D eigenvalue weighted by Gasteiger charge is -2.11. The molecule has 1 saturated heterocycles. The highest BCUT2D eigenvalue weighted by Gasteiger charge is 2.31. The number of hydrogen-bond donors (Lipinski definition) is 1. The lowest BCUT2D eigenvalue weighted by molar-refractivity contribution is -0.106. The van der Waals surface area contributed by atoms with Gasteiger partial charge < -0.3 is 14.6 Å². The molecular weight excluding hydrogens is 192 g/mol. The quantitative estimate of drug-likeness (QED) is 0.809. The second-order valence-electron chi connectivity index (χ2n) is 4.00. The Kier molecular flexibility index (Phi) is 2.93. The predicted octanol–water partition coefficient (Wildman–Crippen LogP) is 2.11. The molecule has 1 unspecified atom stereocenters. The van der Waals surface area contributed by atoms with E-state index in [9.17, 15) is 5.11 Å². The average molecular weight is 208 g/mol. The molecule has 0 amide bonds. The van der Waals surface area contributed by atoms with Crippen LogP contribution in [0.5, 0.6) is 5.75 Å². The van der Waals surface area contributed by atoms with Crippen LogP contribution in [0.1, 0.15) is 25.0 Å². The van der Waals surface area contributed by atoms with Crippen molar-refractivity contribution < 1.29 is 14.6 Å². The summed E-state index contributed by atoms with van der Waals surface area (Å²) in [7, 11) is 1.64. The van der Waals surface area contributed by atoms with Crippen LogP contribution in [-0.2, 0) is 4.74 Å². The first-order valence-electron chi connectivity index (χ1n) is 5.18. The smallest absolute Gasteiger partial charge is 0.158 e. The van der Waals surface area contributed by atoms with E-state index in [1.807, 2.05) is 31.2 Å². The first-order valence-corrected chi connectivity index (χ1v) is 5.18. The molecule has 0 radical (unpaired) electrons. The fourth-order valence-electron chi connectivity index (χ4n) is 1.87. The fraction of sp³-hybridized carbons (Fsp3) is 0.500. The molecule has 1 aromatic rings. The normalized spacial score (nSPS) is 30.5. The first kappa shape index (κ1) is 10.5. The Bertz CT molecular complexity index is 327. The van der Waals surface area contributed by atoms with E-state index in [1.54, 1.807) is 7.11 Å². The van der Waals surface area contributed by atoms with Crippen molar-refractivity contribution in [3.8, 4) is 5.75 Å². The summed E-state index contributed by atoms with van der Waals surface area (Å²) in [5, 5.41) is 9.50. The number of aliphatic hydroxyl groups is 1. The van der Waals surface area contributed by atoms with E-state index in [0.29, 0.717) is 0 Å². The van der Waals surface area contributed by atoms with Crippen LogP contribution in [0.2, 0.25) is 0 Å². The Labute approximate surface area is 89.6 Å². The molecule has 0 bridgehead atoms. The van der Waals surface area contributed by atoms with Crippen LogP contribution < -0.4 is 4.74 Å². The number of rotatable bonds is 2. The lowest BCUT2D eigenvalue weighted by atomic mass is 10.0. The van der Waals surface area contributed by atoms with Crippen molar-refractivity contribution >= 4 is 0 Å². The number of ether oxygens (including phenoxy) is 2. The van der Waals surface area contributed by atoms with E-state index >= 15 is 0 Å². The molecule has 1 aliphatic heterocycles. The molecule has 0 saturated carbocycles. The van der Waals surface area contributed by atoms with Gasteiger partial charge in [-0.2, -0.15) is 0 Å². The van der Waals surface area contributed by atoms with E-state index in [4.69, 9.17) is 9.47 Å². The standard InChI is InChI=1S/C12H16O3/c1-8-6-11(15-12(8)13)9-4-3-5-10(7-9)14-2/h3-5,7-8,11-13H,6H2,1-2H3/t8-,11+,12?/m0/s1. The summed E-state index contributed by atoms with van der Waals surface area (Å²) in [6.45, 7) is 1.99. The van der Waals surface area contributed by atoms with Gasteiger partial charge in [-0.25, -0.2) is 0 Å². The van der Waals surface area contributed by atoms with Crippen molar-refractivity contribution in [1.82, 2.24) is 0 Å². The van der Waals surface area contributed by atoms with Crippen molar-refractivity contribution in [3.63, 3.8) is 0 Å². The van der Waals surface area contributed by atoms with E-state index in [-0.39, 0.29) is 12.0 Å². The van der Waals surface area contributed by atoms with Gasteiger partial charge in [-0.05, 0) is 24.1 Å². The predicted molar refractivity (Wildman–Crippen MR) is 56.6 cm³/mol. The van der Waals surface area contributed by atoms with Crippen molar-refractivity contribution in [3.05, 3.63) is 29.8 Å². The number of methoxy groups -OCH3 is 1. The zero-order chi connectivity index (χ0) is 10.8. The van der Waals surface area contributed by atoms with Crippen LogP contribution in [0.4, 0.5) is 0 Å². The van der Waals surface area contributed by atoms with Crippen LogP contribution >= 0.6 is 0 Å². The summed E-state index contributed by atoms with van der Waals surface area (Å²) >= 11 is 0. The molecule has 82 valence electrons. The van der Waals surface area contributed by atoms with Crippen molar-refractivity contribution in [2.75, 3.05) is 7.11 Å². The van der Waals surface area contributed by atoms with Crippen LogP contribution in [0.15, 0.2) is 24.3 Å². The Balaban J connectivity index is 2.16. The SMILES string of the molecule is COc1cccc([C@H]2C[C@H](C)C(O)O2)c1. The number of benzene rings is 1. The molecule has 1 aliphatic rings. The highest BCUT2D eigenvalue weighted by atomic mass is 16.6. The third kappa shape index (κ3) is 2.13. The summed E-state index contributed by atoms with van der Waals surface area (Å²) < 4.78 is 10.6. The molecule has 0 spiro atoms. The van der Waals surface area contributed by atoms with Gasteiger partial charge in [-0.1, -0.05) is 19.1 Å². The second kappa shape index (κ2) is 4.21. The zero-order valence-electron chi connectivity index (χ0n) is 9.01. The second-order valence-corrected chi connectivity index (χ2v) is 4.00. The minimum atomic E-state index is -0.638. The molecule has 15 heavy (non-hydrogen) atoms. The van der Waals surface area contributed by atoms with Gasteiger partial charge in [-0.3, -0.25) is 0 Å². The number of hydrogen-bond acceptors (Lipinski definition) is 3. The van der Waals surface area contributed by atoms with Crippen LogP contribution in [0.25, 0.3) is 0 Å². The average Bonchev–Trinajstić information content (AvgIpc) is 2.59. The molecule has 0 aliphatic carbocycles. The minimum absolute atomic E-state index is 0.00917. The van der Waals surface area contributed by atoms with E-state index < -0.39 is 6.29 Å². The van der Waals surface area contributed by atoms with Crippen molar-refractivity contribution in [1.29, 1.82) is 0 Å². The lowest BCUT2D eigenvalue weighted by Crippen LogP contribution is -2.10. The first-order chi connectivity index (χ1) is 7.20. The van der Waals surface area contributed by atoms with Crippen molar-refractivity contribution in [2.45, 2.75) is 25.7 Å². The third-order valence-corrected chi connectivity index (χ3v) is 2.84. The monoisotopic (exact) mass is 208 g/mol. The van der Waals surface area contributed by atoms with E-state index in [0.717, 1.165) is 17.7 Å². The molecule has 0 aromatic heterocycles. The van der Waals surface area contributed by atoms with E-state index in [2.05, 4.69) is 0 Å². The minimum Gasteiger partial charge on any atom is -0.497 e. The molecule has 3 heteroatoms. The van der Waals surface area contributed by atoms with Crippen LogP contribution in [0, 0.1) is 5.92 Å². The summed E-state index contributed by atoms with van der Waals surface area (Å²) in [5.74, 6) is 1.02. The summed E-state index contributed by atoms with van der Waals surface area (Å²) in [5.41, 5.74) is 1.07. The van der Waals surface area contributed by atoms with Gasteiger partial charge in [0.1, 0.15) is 5.75 Å². The van der Waals surface area contributed by atoms with Gasteiger partial charge in [0, 0.05) is 5.92 Å². The Morgan fingerprint density at radius 1 is 1.47 bits per heavy atom. The zero-order valence-corrected chi connectivity index (χ0v) is 9.01. The molecular formula is C12H16O3. The molecule has 1 fully saturated rings. The molecule has 1 N–H and O–H groups in total. The van der Waals surface area contributed by atoms with Gasteiger partial charge in [0.25, 0.3) is 0 Å². The maximum absolute atomic E-state index is 9.50. The summed E-state index contributed by atoms with van der Waals surface area (Å²) in [4.78, 5) is 0. The Morgan fingerprint density at radius 3 is 2.87 bits per heavy atom. The van der Waals surface area contributed by atoms with Gasteiger partial charge in [0.15, 0.2) is 6.29 Å². The highest BCUT2D eigenvalue weighted by molar-refractivity contribution is 5.30. The third-order valence-electron chi connectivity index (χ3n) is 2.84. The topological polar surface area (TPSA) is 38.7 Å². The molecule has 3 atom stereocenters. The summed E-state index contributed by atoms with van der Waals surface area (Å²) in [6.07, 6.45) is 0.209. The molecule has 3 nitrogen and oxygen atoms in total. The molecule has 2 rings (SSSR count). The van der Waals surface area contributed by atoms with Gasteiger partial charge in [0.05, 0.1) is 13.2 Å². The van der Waals surface area contributed by atoms with Crippen LogP contribution in [-0.4, -0.2) is 18.5 Å². The van der Waals surface area contributed by atoms with Gasteiger partial charge in [-0.15, -0.1) is 0 Å². The van der Waals surface area contributed by atoms with E-state index in [1.165, 1.54) is 0 Å². The molecule has 1 heterocycles. The van der Waals surface area contributed by atoms with Gasteiger partial charge >= 0.3 is 0 Å². The Hall–Kier alpha value is -1.06. The number of aliphatic hydroxyl groups excluding tert-OH is 1. The fourth-order valence-corrected chi connectivity index (χ4v) is 1.87. The van der Waals surface area contributed by atoms with Crippen LogP contribution in [0.3, 0.4) is 0 Å². The maximum Gasteiger partial charge on any atom is 0.158 e. The molecule has 1 aromatic carbocycles. The highest BCUT2D eigenvalue weighted by Crippen LogP contribution is 2.36. The summed E-state index contributed by atoms with van der Waals surface area (Å²) in [6, 6.07) is 7.79. The maximum atomic E-state index is 9.50.